The van der Waals surface area contributed by atoms with Crippen LogP contribution in [0.15, 0.2) is 48.9 Å². The molecule has 0 unspecified atom stereocenters. The average Bonchev–Trinajstić information content (AvgIpc) is 3.17. The lowest BCUT2D eigenvalue weighted by Gasteiger charge is -2.10. The van der Waals surface area contributed by atoms with Crippen LogP contribution in [0.3, 0.4) is 0 Å². The highest BCUT2D eigenvalue weighted by molar-refractivity contribution is 7.12. The third-order valence-corrected chi connectivity index (χ3v) is 4.26. The lowest BCUT2D eigenvalue weighted by Crippen LogP contribution is -2.05. The van der Waals surface area contributed by atoms with Crippen LogP contribution in [-0.4, -0.2) is 14.8 Å². The second-order valence-corrected chi connectivity index (χ2v) is 5.65. The van der Waals surface area contributed by atoms with Crippen LogP contribution in [0.4, 0.5) is 5.69 Å². The third kappa shape index (κ3) is 2.72. The Labute approximate surface area is 122 Å². The van der Waals surface area contributed by atoms with Gasteiger partial charge in [0.05, 0.1) is 5.69 Å². The Morgan fingerprint density at radius 1 is 1.15 bits per heavy atom. The topological polar surface area (TPSA) is 42.7 Å². The van der Waals surface area contributed by atoms with Gasteiger partial charge in [0.2, 0.25) is 0 Å². The van der Waals surface area contributed by atoms with Crippen molar-refractivity contribution >= 4 is 17.0 Å². The molecule has 102 valence electrons. The summed E-state index contributed by atoms with van der Waals surface area (Å²) in [7, 11) is 0. The number of rotatable bonds is 5. The zero-order valence-electron chi connectivity index (χ0n) is 11.3. The van der Waals surface area contributed by atoms with Gasteiger partial charge in [-0.3, -0.25) is 0 Å². The molecule has 0 saturated heterocycles. The van der Waals surface area contributed by atoms with E-state index in [1.165, 1.54) is 9.75 Å². The number of nitrogens with one attached hydrogen (secondary N) is 1. The molecule has 3 aromatic rings. The van der Waals surface area contributed by atoms with Gasteiger partial charge in [0.1, 0.15) is 0 Å². The normalized spacial score (nSPS) is 10.7. The number of nitrogens with zero attached hydrogens (tertiary/aromatic N) is 3. The van der Waals surface area contributed by atoms with Gasteiger partial charge in [-0.05, 0) is 36.8 Å². The van der Waals surface area contributed by atoms with Crippen molar-refractivity contribution in [1.82, 2.24) is 14.8 Å². The van der Waals surface area contributed by atoms with Crippen molar-refractivity contribution < 1.29 is 0 Å². The molecule has 0 amide bonds. The fourth-order valence-corrected chi connectivity index (χ4v) is 2.90. The lowest BCUT2D eigenvalue weighted by molar-refractivity contribution is 0.846. The van der Waals surface area contributed by atoms with Gasteiger partial charge in [-0.2, -0.15) is 5.10 Å². The first-order valence-electron chi connectivity index (χ1n) is 6.63. The molecule has 3 heterocycles. The number of hydrogen-bond acceptors (Lipinski definition) is 4. The highest BCUT2D eigenvalue weighted by Crippen LogP contribution is 2.21. The molecule has 0 radical (unpaired) electrons. The number of aryl methyl sites for hydroxylation is 1. The second kappa shape index (κ2) is 5.88. The lowest BCUT2D eigenvalue weighted by atomic mass is 10.3. The van der Waals surface area contributed by atoms with Crippen molar-refractivity contribution in [2.45, 2.75) is 19.9 Å². The number of hydrogen-bond donors (Lipinski definition) is 1. The monoisotopic (exact) mass is 284 g/mol. The van der Waals surface area contributed by atoms with Crippen LogP contribution in [0.1, 0.15) is 16.7 Å². The Balaban J connectivity index is 1.77. The molecule has 0 aliphatic rings. The molecule has 3 aromatic heterocycles. The zero-order valence-corrected chi connectivity index (χ0v) is 12.1. The summed E-state index contributed by atoms with van der Waals surface area (Å²) in [5, 5.41) is 7.68. The van der Waals surface area contributed by atoms with E-state index in [-0.39, 0.29) is 0 Å². The van der Waals surface area contributed by atoms with Crippen LogP contribution in [0.25, 0.3) is 5.82 Å². The molecule has 20 heavy (non-hydrogen) atoms. The maximum atomic E-state index is 4.40. The molecule has 3 rings (SSSR count). The Morgan fingerprint density at radius 3 is 2.80 bits per heavy atom. The number of aromatic nitrogens is 3. The maximum absolute atomic E-state index is 4.40. The van der Waals surface area contributed by atoms with Crippen LogP contribution in [0, 0.1) is 0 Å². The molecule has 0 spiro atoms. The molecular formula is C15H16N4S. The second-order valence-electron chi connectivity index (χ2n) is 4.40. The summed E-state index contributed by atoms with van der Waals surface area (Å²) in [6, 6.07) is 10.2. The molecule has 0 aliphatic carbocycles. The van der Waals surface area contributed by atoms with Gasteiger partial charge < -0.3 is 5.32 Å². The molecular weight excluding hydrogens is 268 g/mol. The summed E-state index contributed by atoms with van der Waals surface area (Å²) in [4.78, 5) is 7.14. The van der Waals surface area contributed by atoms with E-state index in [0.29, 0.717) is 0 Å². The summed E-state index contributed by atoms with van der Waals surface area (Å²) in [5.41, 5.74) is 0.989. The standard InChI is InChI=1S/C15H16N4S/c1-2-12-6-7-13(20-12)11-17-14-5-3-8-16-15(14)19-10-4-9-18-19/h3-10,17H,2,11H2,1H3. The SMILES string of the molecule is CCc1ccc(CNc2cccnc2-n2cccn2)s1. The van der Waals surface area contributed by atoms with E-state index in [4.69, 9.17) is 0 Å². The minimum absolute atomic E-state index is 0.810. The van der Waals surface area contributed by atoms with Crippen molar-refractivity contribution in [3.05, 3.63) is 58.7 Å². The average molecular weight is 284 g/mol. The van der Waals surface area contributed by atoms with E-state index in [1.807, 2.05) is 35.7 Å². The predicted octanol–water partition coefficient (Wildman–Crippen LogP) is 3.50. The number of anilines is 1. The smallest absolute Gasteiger partial charge is 0.176 e. The van der Waals surface area contributed by atoms with E-state index in [0.717, 1.165) is 24.5 Å². The van der Waals surface area contributed by atoms with Gasteiger partial charge >= 0.3 is 0 Å². The van der Waals surface area contributed by atoms with E-state index in [1.54, 1.807) is 17.1 Å². The third-order valence-electron chi connectivity index (χ3n) is 3.03. The van der Waals surface area contributed by atoms with Crippen LogP contribution < -0.4 is 5.32 Å². The molecule has 0 aromatic carbocycles. The van der Waals surface area contributed by atoms with E-state index >= 15 is 0 Å². The first-order chi connectivity index (χ1) is 9.86. The van der Waals surface area contributed by atoms with Gasteiger partial charge in [-0.25, -0.2) is 9.67 Å². The molecule has 5 heteroatoms. The van der Waals surface area contributed by atoms with E-state index in [2.05, 4.69) is 34.5 Å². The maximum Gasteiger partial charge on any atom is 0.176 e. The Bertz CT molecular complexity index is 673. The minimum Gasteiger partial charge on any atom is -0.377 e. The fraction of sp³-hybridized carbons (Fsp3) is 0.200. The summed E-state index contributed by atoms with van der Waals surface area (Å²) in [6.07, 6.45) is 6.53. The molecule has 4 nitrogen and oxygen atoms in total. The Kier molecular flexibility index (Phi) is 3.78. The quantitative estimate of drug-likeness (QED) is 0.779. The summed E-state index contributed by atoms with van der Waals surface area (Å²) in [5.74, 6) is 0.824. The van der Waals surface area contributed by atoms with Crippen LogP contribution in [0.5, 0.6) is 0 Å². The Hall–Kier alpha value is -2.14. The van der Waals surface area contributed by atoms with E-state index < -0.39 is 0 Å². The van der Waals surface area contributed by atoms with Crippen molar-refractivity contribution in [2.24, 2.45) is 0 Å². The number of pyridine rings is 1. The predicted molar refractivity (Wildman–Crippen MR) is 82.4 cm³/mol. The number of thiophene rings is 1. The molecule has 1 N–H and O–H groups in total. The summed E-state index contributed by atoms with van der Waals surface area (Å²) in [6.45, 7) is 2.99. The van der Waals surface area contributed by atoms with Gasteiger partial charge in [0.15, 0.2) is 5.82 Å². The fourth-order valence-electron chi connectivity index (χ4n) is 2.00. The van der Waals surface area contributed by atoms with Gasteiger partial charge in [-0.15, -0.1) is 11.3 Å². The van der Waals surface area contributed by atoms with Crippen molar-refractivity contribution in [2.75, 3.05) is 5.32 Å². The van der Waals surface area contributed by atoms with E-state index in [9.17, 15) is 0 Å². The van der Waals surface area contributed by atoms with Gasteiger partial charge in [0.25, 0.3) is 0 Å². The van der Waals surface area contributed by atoms with Crippen molar-refractivity contribution in [3.63, 3.8) is 0 Å². The summed E-state index contributed by atoms with van der Waals surface area (Å²) >= 11 is 1.85. The first-order valence-corrected chi connectivity index (χ1v) is 7.45. The summed E-state index contributed by atoms with van der Waals surface area (Å²) < 4.78 is 1.77. The first kappa shape index (κ1) is 12.9. The molecule has 0 fully saturated rings. The molecule has 0 aliphatic heterocycles. The van der Waals surface area contributed by atoms with Crippen molar-refractivity contribution in [3.8, 4) is 5.82 Å². The van der Waals surface area contributed by atoms with Gasteiger partial charge in [0, 0.05) is 34.9 Å². The van der Waals surface area contributed by atoms with Crippen LogP contribution in [0.2, 0.25) is 0 Å². The highest BCUT2D eigenvalue weighted by atomic mass is 32.1. The zero-order chi connectivity index (χ0) is 13.8. The van der Waals surface area contributed by atoms with Gasteiger partial charge in [-0.1, -0.05) is 6.92 Å². The van der Waals surface area contributed by atoms with Crippen LogP contribution >= 0.6 is 11.3 Å². The molecule has 0 saturated carbocycles. The van der Waals surface area contributed by atoms with Crippen molar-refractivity contribution in [1.29, 1.82) is 0 Å². The molecule has 0 atom stereocenters. The van der Waals surface area contributed by atoms with Crippen LogP contribution in [-0.2, 0) is 13.0 Å². The highest BCUT2D eigenvalue weighted by Gasteiger charge is 2.06. The molecule has 0 bridgehead atoms. The largest absolute Gasteiger partial charge is 0.377 e. The minimum atomic E-state index is 0.810. The Morgan fingerprint density at radius 2 is 2.05 bits per heavy atom.